The average molecular weight is 636 g/mol. The van der Waals surface area contributed by atoms with Crippen molar-refractivity contribution >= 4 is 17.9 Å². The zero-order chi connectivity index (χ0) is 32.8. The number of rotatable bonds is 12. The van der Waals surface area contributed by atoms with Crippen LogP contribution in [0.3, 0.4) is 0 Å². The summed E-state index contributed by atoms with van der Waals surface area (Å²) >= 11 is 0. The van der Waals surface area contributed by atoms with Gasteiger partial charge in [-0.1, -0.05) is 0 Å². The normalized spacial score (nSPS) is 24.5. The average Bonchev–Trinajstić information content (AvgIpc) is 3.03. The van der Waals surface area contributed by atoms with Crippen molar-refractivity contribution < 1.29 is 63.5 Å². The number of benzene rings is 2. The van der Waals surface area contributed by atoms with Crippen LogP contribution < -0.4 is 30.0 Å². The Labute approximate surface area is 257 Å². The van der Waals surface area contributed by atoms with Gasteiger partial charge in [-0.25, -0.2) is 9.59 Å². The lowest BCUT2D eigenvalue weighted by atomic mass is 9.98. The van der Waals surface area contributed by atoms with E-state index in [1.54, 1.807) is 0 Å². The van der Waals surface area contributed by atoms with Crippen LogP contribution in [0.1, 0.15) is 39.1 Å². The summed E-state index contributed by atoms with van der Waals surface area (Å²) in [5.74, 6) is -2.13. The SMILES string of the molecule is COc1cc(C(=O)OC[C@@H]2O[C@@H](Oc3c(CC[C@@H]4CCN=C(N)N4)cc(C(=O)O)cc3OC)[C@H](O)[C@@H](O)[C@@H]2O)cc(OC)c1O. The highest BCUT2D eigenvalue weighted by molar-refractivity contribution is 5.91. The van der Waals surface area contributed by atoms with Crippen LogP contribution in [0.4, 0.5) is 0 Å². The Balaban J connectivity index is 1.54. The van der Waals surface area contributed by atoms with Gasteiger partial charge in [-0.05, 0) is 49.1 Å². The minimum absolute atomic E-state index is 0.0252. The molecule has 1 saturated heterocycles. The first kappa shape index (κ1) is 33.4. The molecule has 0 unspecified atom stereocenters. The number of carboxylic acids is 1. The molecule has 2 aromatic rings. The van der Waals surface area contributed by atoms with Crippen LogP contribution in [0.2, 0.25) is 0 Å². The van der Waals surface area contributed by atoms with Crippen LogP contribution in [0.25, 0.3) is 0 Å². The van der Waals surface area contributed by atoms with Gasteiger partial charge in [0.25, 0.3) is 0 Å². The lowest BCUT2D eigenvalue weighted by molar-refractivity contribution is -0.277. The van der Waals surface area contributed by atoms with Gasteiger partial charge < -0.3 is 65.0 Å². The number of aromatic carboxylic acids is 1. The van der Waals surface area contributed by atoms with Crippen molar-refractivity contribution in [3.05, 3.63) is 41.0 Å². The molecule has 1 fully saturated rings. The van der Waals surface area contributed by atoms with Crippen molar-refractivity contribution in [3.63, 3.8) is 0 Å². The van der Waals surface area contributed by atoms with Crippen molar-refractivity contribution in [1.29, 1.82) is 0 Å². The topological polar surface area (TPSA) is 241 Å². The van der Waals surface area contributed by atoms with Gasteiger partial charge in [0.1, 0.15) is 31.0 Å². The predicted octanol–water partition coefficient (Wildman–Crippen LogP) is -0.231. The molecule has 8 N–H and O–H groups in total. The highest BCUT2D eigenvalue weighted by Crippen LogP contribution is 2.38. The van der Waals surface area contributed by atoms with Crippen LogP contribution in [0.5, 0.6) is 28.7 Å². The second kappa shape index (κ2) is 14.5. The van der Waals surface area contributed by atoms with Crippen molar-refractivity contribution in [1.82, 2.24) is 5.32 Å². The van der Waals surface area contributed by atoms with Crippen LogP contribution >= 0.6 is 0 Å². The maximum Gasteiger partial charge on any atom is 0.338 e. The van der Waals surface area contributed by atoms with E-state index >= 15 is 0 Å². The highest BCUT2D eigenvalue weighted by Gasteiger charge is 2.46. The molecule has 6 atom stereocenters. The van der Waals surface area contributed by atoms with E-state index in [4.69, 9.17) is 34.2 Å². The summed E-state index contributed by atoms with van der Waals surface area (Å²) in [6.07, 6.45) is -6.67. The highest BCUT2D eigenvalue weighted by atomic mass is 16.7. The Morgan fingerprint density at radius 3 is 2.22 bits per heavy atom. The number of aromatic hydroxyl groups is 1. The number of nitrogens with zero attached hydrogens (tertiary/aromatic N) is 1. The molecule has 2 heterocycles. The summed E-state index contributed by atoms with van der Waals surface area (Å²) in [6.45, 7) is -0.0408. The third-order valence-corrected chi connectivity index (χ3v) is 7.47. The van der Waals surface area contributed by atoms with Crippen LogP contribution in [0.15, 0.2) is 29.3 Å². The molecule has 0 aliphatic carbocycles. The van der Waals surface area contributed by atoms with Crippen LogP contribution in [-0.2, 0) is 15.9 Å². The number of carbonyl (C=O) groups excluding carboxylic acids is 1. The van der Waals surface area contributed by atoms with Gasteiger partial charge in [0.15, 0.2) is 29.0 Å². The van der Waals surface area contributed by atoms with E-state index in [2.05, 4.69) is 10.3 Å². The number of nitrogens with one attached hydrogen (secondary N) is 1. The number of hydrogen-bond donors (Lipinski definition) is 7. The summed E-state index contributed by atoms with van der Waals surface area (Å²) in [5.41, 5.74) is 6.08. The van der Waals surface area contributed by atoms with Crippen molar-refractivity contribution in [2.75, 3.05) is 34.5 Å². The third-order valence-electron chi connectivity index (χ3n) is 7.47. The van der Waals surface area contributed by atoms with Crippen molar-refractivity contribution in [3.8, 4) is 28.7 Å². The first-order valence-corrected chi connectivity index (χ1v) is 14.0. The van der Waals surface area contributed by atoms with E-state index < -0.39 is 49.3 Å². The Kier molecular flexibility index (Phi) is 10.8. The van der Waals surface area contributed by atoms with E-state index in [0.717, 1.165) is 0 Å². The van der Waals surface area contributed by atoms with Crippen molar-refractivity contribution in [2.24, 2.45) is 10.7 Å². The van der Waals surface area contributed by atoms with Crippen molar-refractivity contribution in [2.45, 2.75) is 56.0 Å². The molecule has 45 heavy (non-hydrogen) atoms. The minimum Gasteiger partial charge on any atom is -0.502 e. The van der Waals surface area contributed by atoms with Gasteiger partial charge in [0.2, 0.25) is 12.0 Å². The summed E-state index contributed by atoms with van der Waals surface area (Å²) < 4.78 is 32.6. The number of hydrogen-bond acceptors (Lipinski definition) is 15. The molecule has 0 bridgehead atoms. The molecule has 2 aromatic carbocycles. The second-order valence-electron chi connectivity index (χ2n) is 10.4. The number of carboxylic acid groups (broad SMARTS) is 1. The smallest absolute Gasteiger partial charge is 0.338 e. The number of aliphatic hydroxyl groups is 3. The Morgan fingerprint density at radius 2 is 1.62 bits per heavy atom. The number of phenols is 1. The number of carbonyl (C=O) groups is 2. The molecular formula is C29H37N3O13. The van der Waals surface area contributed by atoms with E-state index in [9.17, 15) is 35.1 Å². The van der Waals surface area contributed by atoms with E-state index in [1.807, 2.05) is 0 Å². The molecular weight excluding hydrogens is 598 g/mol. The fraction of sp³-hybridized carbons (Fsp3) is 0.483. The first-order chi connectivity index (χ1) is 21.5. The van der Waals surface area contributed by atoms with Gasteiger partial charge in [-0.2, -0.15) is 0 Å². The number of aliphatic hydroxyl groups excluding tert-OH is 3. The second-order valence-corrected chi connectivity index (χ2v) is 10.4. The maximum absolute atomic E-state index is 12.8. The molecule has 0 aromatic heterocycles. The van der Waals surface area contributed by atoms with Crippen LogP contribution in [0, 0.1) is 0 Å². The van der Waals surface area contributed by atoms with Gasteiger partial charge in [0, 0.05) is 12.6 Å². The number of ether oxygens (including phenoxy) is 6. The monoisotopic (exact) mass is 635 g/mol. The fourth-order valence-corrected chi connectivity index (χ4v) is 4.99. The minimum atomic E-state index is -1.78. The molecule has 2 aliphatic rings. The fourth-order valence-electron chi connectivity index (χ4n) is 4.99. The zero-order valence-corrected chi connectivity index (χ0v) is 24.8. The number of methoxy groups -OCH3 is 3. The van der Waals surface area contributed by atoms with E-state index in [0.29, 0.717) is 37.3 Å². The number of esters is 1. The summed E-state index contributed by atoms with van der Waals surface area (Å²) in [5, 5.41) is 54.8. The number of phenolic OH excluding ortho intramolecular Hbond substituents is 1. The van der Waals surface area contributed by atoms with Gasteiger partial charge >= 0.3 is 11.9 Å². The quantitative estimate of drug-likeness (QED) is 0.149. The Bertz CT molecular complexity index is 1390. The van der Waals surface area contributed by atoms with Gasteiger partial charge in [0.05, 0.1) is 32.5 Å². The predicted molar refractivity (Wildman–Crippen MR) is 155 cm³/mol. The number of aliphatic imine (C=N–C) groups is 1. The summed E-state index contributed by atoms with van der Waals surface area (Å²) in [7, 11) is 3.88. The maximum atomic E-state index is 12.8. The van der Waals surface area contributed by atoms with E-state index in [-0.39, 0.29) is 45.9 Å². The molecule has 246 valence electrons. The van der Waals surface area contributed by atoms with Gasteiger partial charge in [-0.15, -0.1) is 0 Å². The standard InChI is InChI=1S/C29H37N3O13/c1-40-17-10-15(11-18(41-2)21(17)33)27(39)43-12-20-22(34)23(35)24(36)28(44-20)45-25-13(4-5-16-6-7-31-29(30)32-16)8-14(26(37)38)9-19(25)42-3/h8-11,16,20,22-24,28,33-36H,4-7,12H2,1-3H3,(H,37,38)(H3,30,31,32)/t16-,20+,22-,23+,24-,28+/m1/s1. The number of nitrogens with two attached hydrogens (primary N) is 1. The van der Waals surface area contributed by atoms with Gasteiger partial charge in [-0.3, -0.25) is 4.99 Å². The molecule has 16 heteroatoms. The number of guanidine groups is 1. The van der Waals surface area contributed by atoms with Crippen LogP contribution in [-0.4, -0.2) is 115 Å². The summed E-state index contributed by atoms with van der Waals surface area (Å²) in [6, 6.07) is 5.05. The molecule has 16 nitrogen and oxygen atoms in total. The molecule has 2 aliphatic heterocycles. The Hall–Kier alpha value is -4.51. The lowest BCUT2D eigenvalue weighted by Crippen LogP contribution is -2.60. The molecule has 0 radical (unpaired) electrons. The molecule has 0 spiro atoms. The lowest BCUT2D eigenvalue weighted by Gasteiger charge is -2.40. The Morgan fingerprint density at radius 1 is 0.978 bits per heavy atom. The molecule has 0 amide bonds. The molecule has 4 rings (SSSR count). The largest absolute Gasteiger partial charge is 0.502 e. The third kappa shape index (κ3) is 7.59. The number of aryl methyl sites for hydroxylation is 1. The molecule has 0 saturated carbocycles. The summed E-state index contributed by atoms with van der Waals surface area (Å²) in [4.78, 5) is 28.8. The first-order valence-electron chi connectivity index (χ1n) is 14.0. The zero-order valence-electron chi connectivity index (χ0n) is 24.8. The van der Waals surface area contributed by atoms with E-state index in [1.165, 1.54) is 45.6 Å².